The van der Waals surface area contributed by atoms with E-state index in [1.807, 2.05) is 42.5 Å². The summed E-state index contributed by atoms with van der Waals surface area (Å²) in [7, 11) is 0. The van der Waals surface area contributed by atoms with E-state index in [1.54, 1.807) is 6.07 Å². The molecule has 0 amide bonds. The quantitative estimate of drug-likeness (QED) is 0.351. The summed E-state index contributed by atoms with van der Waals surface area (Å²) in [4.78, 5) is 12.2. The number of benzene rings is 4. The van der Waals surface area contributed by atoms with Crippen molar-refractivity contribution in [2.24, 2.45) is 0 Å². The first-order valence-electron chi connectivity index (χ1n) is 8.90. The van der Waals surface area contributed by atoms with E-state index in [9.17, 15) is 4.79 Å². The first-order valence-corrected chi connectivity index (χ1v) is 8.90. The summed E-state index contributed by atoms with van der Waals surface area (Å²) in [6, 6.07) is 31.6. The number of rotatable bonds is 2. The fraction of sp³-hybridized carbons (Fsp3) is 0. The van der Waals surface area contributed by atoms with Crippen LogP contribution in [0.2, 0.25) is 0 Å². The van der Waals surface area contributed by atoms with Crippen LogP contribution < -0.4 is 5.43 Å². The number of hydrogen-bond donors (Lipinski definition) is 0. The smallest absolute Gasteiger partial charge is 0.186 e. The van der Waals surface area contributed by atoms with Crippen LogP contribution in [0.4, 0.5) is 0 Å². The molecule has 1 aromatic heterocycles. The minimum atomic E-state index is -0.0614. The Morgan fingerprint density at radius 2 is 1.19 bits per heavy atom. The molecule has 0 bridgehead atoms. The molecule has 0 spiro atoms. The zero-order chi connectivity index (χ0) is 18.2. The molecule has 0 radical (unpaired) electrons. The summed E-state index contributed by atoms with van der Waals surface area (Å²) in [5, 5.41) is 4.76. The zero-order valence-electron chi connectivity index (χ0n) is 14.6. The summed E-state index contributed by atoms with van der Waals surface area (Å²) in [5.74, 6) is 1.16. The largest absolute Gasteiger partial charge is 0.456 e. The van der Waals surface area contributed by atoms with E-state index in [1.165, 1.54) is 22.2 Å². The van der Waals surface area contributed by atoms with Crippen molar-refractivity contribution in [3.63, 3.8) is 0 Å². The van der Waals surface area contributed by atoms with Gasteiger partial charge in [0.15, 0.2) is 5.43 Å². The van der Waals surface area contributed by atoms with Gasteiger partial charge in [0.1, 0.15) is 11.5 Å². The van der Waals surface area contributed by atoms with Gasteiger partial charge in [0, 0.05) is 23.3 Å². The van der Waals surface area contributed by atoms with Crippen LogP contribution in [0.1, 0.15) is 0 Å². The van der Waals surface area contributed by atoms with Crippen molar-refractivity contribution in [1.29, 1.82) is 0 Å². The Balaban J connectivity index is 1.68. The first-order chi connectivity index (χ1) is 13.3. The predicted octanol–water partition coefficient (Wildman–Crippen LogP) is 6.28. The molecule has 1 heterocycles. The average Bonchev–Trinajstić information content (AvgIpc) is 2.73. The van der Waals surface area contributed by atoms with E-state index in [-0.39, 0.29) is 5.43 Å². The Hall–Kier alpha value is -3.65. The minimum Gasteiger partial charge on any atom is -0.456 e. The van der Waals surface area contributed by atoms with Crippen LogP contribution in [0.25, 0.3) is 44.2 Å². The molecule has 0 fully saturated rings. The van der Waals surface area contributed by atoms with E-state index in [0.717, 1.165) is 16.5 Å². The second kappa shape index (κ2) is 6.26. The molecule has 2 heteroatoms. The Morgan fingerprint density at radius 3 is 2.04 bits per heavy atom. The van der Waals surface area contributed by atoms with Crippen LogP contribution in [0.15, 0.2) is 106 Å². The Bertz CT molecular complexity index is 1330. The fourth-order valence-corrected chi connectivity index (χ4v) is 3.53. The summed E-state index contributed by atoms with van der Waals surface area (Å²) in [5.41, 5.74) is 1.73. The van der Waals surface area contributed by atoms with Gasteiger partial charge in [0.05, 0.1) is 0 Å². The normalized spacial score (nSPS) is 11.1. The van der Waals surface area contributed by atoms with Crippen molar-refractivity contribution in [2.45, 2.75) is 0 Å². The summed E-state index contributed by atoms with van der Waals surface area (Å²) >= 11 is 0. The van der Waals surface area contributed by atoms with E-state index in [4.69, 9.17) is 4.42 Å². The van der Waals surface area contributed by atoms with Gasteiger partial charge in [0.25, 0.3) is 0 Å². The van der Waals surface area contributed by atoms with Gasteiger partial charge < -0.3 is 4.42 Å². The molecule has 0 saturated carbocycles. The molecule has 2 nitrogen and oxygen atoms in total. The van der Waals surface area contributed by atoms with Gasteiger partial charge in [-0.1, -0.05) is 78.9 Å². The SMILES string of the molecule is O=c1cc(-c2ccccc2)oc(-c2ccc3c(ccc4ccccc43)c2)c1. The highest BCUT2D eigenvalue weighted by molar-refractivity contribution is 6.08. The lowest BCUT2D eigenvalue weighted by Gasteiger charge is -2.08. The van der Waals surface area contributed by atoms with Gasteiger partial charge in [-0.15, -0.1) is 0 Å². The highest BCUT2D eigenvalue weighted by Crippen LogP contribution is 2.30. The molecule has 0 N–H and O–H groups in total. The molecular weight excluding hydrogens is 332 g/mol. The van der Waals surface area contributed by atoms with Gasteiger partial charge in [0.2, 0.25) is 0 Å². The van der Waals surface area contributed by atoms with Gasteiger partial charge >= 0.3 is 0 Å². The van der Waals surface area contributed by atoms with Gasteiger partial charge in [-0.3, -0.25) is 4.79 Å². The van der Waals surface area contributed by atoms with Crippen LogP contribution in [-0.2, 0) is 0 Å². The lowest BCUT2D eigenvalue weighted by molar-refractivity contribution is 0.580. The molecule has 5 aromatic rings. The molecule has 4 aromatic carbocycles. The molecule has 5 rings (SSSR count). The number of hydrogen-bond acceptors (Lipinski definition) is 2. The fourth-order valence-electron chi connectivity index (χ4n) is 3.53. The highest BCUT2D eigenvalue weighted by Gasteiger charge is 2.09. The van der Waals surface area contributed by atoms with Crippen molar-refractivity contribution in [2.75, 3.05) is 0 Å². The third-order valence-corrected chi connectivity index (χ3v) is 4.85. The standard InChI is InChI=1S/C25H16O2/c26-21-15-24(18-7-2-1-3-8-18)27-25(16-21)20-12-13-23-19(14-20)11-10-17-6-4-5-9-22(17)23/h1-16H. The zero-order valence-corrected chi connectivity index (χ0v) is 14.6. The van der Waals surface area contributed by atoms with Gasteiger partial charge in [-0.05, 0) is 27.6 Å². The maximum atomic E-state index is 12.2. The molecular formula is C25H16O2. The van der Waals surface area contributed by atoms with Gasteiger partial charge in [-0.25, -0.2) is 0 Å². The molecule has 0 unspecified atom stereocenters. The predicted molar refractivity (Wildman–Crippen MR) is 111 cm³/mol. The third-order valence-electron chi connectivity index (χ3n) is 4.85. The van der Waals surface area contributed by atoms with Gasteiger partial charge in [-0.2, -0.15) is 0 Å². The van der Waals surface area contributed by atoms with Crippen LogP contribution in [0, 0.1) is 0 Å². The average molecular weight is 348 g/mol. The van der Waals surface area contributed by atoms with Crippen LogP contribution in [0.3, 0.4) is 0 Å². The van der Waals surface area contributed by atoms with Crippen molar-refractivity contribution in [1.82, 2.24) is 0 Å². The summed E-state index contributed by atoms with van der Waals surface area (Å²) in [6.45, 7) is 0. The van der Waals surface area contributed by atoms with Crippen molar-refractivity contribution in [3.05, 3.63) is 107 Å². The monoisotopic (exact) mass is 348 g/mol. The van der Waals surface area contributed by atoms with E-state index >= 15 is 0 Å². The van der Waals surface area contributed by atoms with Crippen molar-refractivity contribution in [3.8, 4) is 22.6 Å². The molecule has 0 aliphatic carbocycles. The lowest BCUT2D eigenvalue weighted by Crippen LogP contribution is -1.98. The molecule has 0 atom stereocenters. The van der Waals surface area contributed by atoms with E-state index in [0.29, 0.717) is 11.5 Å². The van der Waals surface area contributed by atoms with Crippen LogP contribution in [-0.4, -0.2) is 0 Å². The molecule has 0 aliphatic rings. The molecule has 0 saturated heterocycles. The van der Waals surface area contributed by atoms with Crippen LogP contribution in [0.5, 0.6) is 0 Å². The maximum Gasteiger partial charge on any atom is 0.186 e. The van der Waals surface area contributed by atoms with Crippen molar-refractivity contribution >= 4 is 21.5 Å². The Kier molecular flexibility index (Phi) is 3.61. The molecule has 128 valence electrons. The van der Waals surface area contributed by atoms with E-state index < -0.39 is 0 Å². The summed E-state index contributed by atoms with van der Waals surface area (Å²) in [6.07, 6.45) is 0. The highest BCUT2D eigenvalue weighted by atomic mass is 16.3. The molecule has 27 heavy (non-hydrogen) atoms. The van der Waals surface area contributed by atoms with Crippen molar-refractivity contribution < 1.29 is 4.42 Å². The van der Waals surface area contributed by atoms with Crippen LogP contribution >= 0.6 is 0 Å². The Labute approximate surface area is 156 Å². The second-order valence-electron chi connectivity index (χ2n) is 6.61. The summed E-state index contributed by atoms with van der Waals surface area (Å²) < 4.78 is 6.07. The first kappa shape index (κ1) is 15.6. The Morgan fingerprint density at radius 1 is 0.519 bits per heavy atom. The minimum absolute atomic E-state index is 0.0614. The number of fused-ring (bicyclic) bond motifs is 3. The third kappa shape index (κ3) is 2.81. The topological polar surface area (TPSA) is 30.2 Å². The lowest BCUT2D eigenvalue weighted by atomic mass is 9.99. The van der Waals surface area contributed by atoms with E-state index in [2.05, 4.69) is 42.5 Å². The maximum absolute atomic E-state index is 12.2. The second-order valence-corrected chi connectivity index (χ2v) is 6.61. The molecule has 0 aliphatic heterocycles.